The maximum atomic E-state index is 13.0. The van der Waals surface area contributed by atoms with E-state index in [1.165, 1.54) is 16.8 Å². The van der Waals surface area contributed by atoms with E-state index in [1.54, 1.807) is 19.1 Å². The smallest absolute Gasteiger partial charge is 0.293 e. The van der Waals surface area contributed by atoms with Gasteiger partial charge in [0.05, 0.1) is 22.9 Å². The number of hydrogen-bond acceptors (Lipinski definition) is 11. The standard InChI is InChI=1S/C21H20N10O4/c1-13(14-8-10-16(11-9-14)31(33)34)23-25-21(32)18-17(12-29(2)15-6-4-3-5-7-15)30(28-24-18)20-19(22)26-35-27-20/h3-11H,12H2,1-2H3,(H2,22,26)(H,25,32)/b23-13+. The summed E-state index contributed by atoms with van der Waals surface area (Å²) in [6, 6.07) is 15.3. The number of aromatic nitrogens is 5. The maximum Gasteiger partial charge on any atom is 0.293 e. The third-order valence-corrected chi connectivity index (χ3v) is 5.08. The molecule has 0 aliphatic heterocycles. The van der Waals surface area contributed by atoms with E-state index in [-0.39, 0.29) is 29.6 Å². The Balaban J connectivity index is 1.61. The Morgan fingerprint density at radius 1 is 1.20 bits per heavy atom. The molecule has 2 aromatic carbocycles. The number of nitrogens with one attached hydrogen (secondary N) is 1. The summed E-state index contributed by atoms with van der Waals surface area (Å²) in [6.07, 6.45) is 0. The van der Waals surface area contributed by atoms with Gasteiger partial charge >= 0.3 is 0 Å². The Labute approximate surface area is 198 Å². The van der Waals surface area contributed by atoms with Crippen molar-refractivity contribution in [2.24, 2.45) is 5.10 Å². The molecule has 4 rings (SSSR count). The van der Waals surface area contributed by atoms with Gasteiger partial charge < -0.3 is 10.6 Å². The highest BCUT2D eigenvalue weighted by Gasteiger charge is 2.25. The summed E-state index contributed by atoms with van der Waals surface area (Å²) >= 11 is 0. The van der Waals surface area contributed by atoms with Crippen molar-refractivity contribution in [1.82, 2.24) is 30.7 Å². The number of benzene rings is 2. The lowest BCUT2D eigenvalue weighted by Gasteiger charge is -2.19. The lowest BCUT2D eigenvalue weighted by atomic mass is 10.1. The Kier molecular flexibility index (Phi) is 6.44. The fraction of sp³-hybridized carbons (Fsp3) is 0.143. The molecule has 2 aromatic heterocycles. The van der Waals surface area contributed by atoms with Crippen molar-refractivity contribution in [2.45, 2.75) is 13.5 Å². The second-order valence-electron chi connectivity index (χ2n) is 7.40. The normalized spacial score (nSPS) is 11.3. The van der Waals surface area contributed by atoms with E-state index in [0.29, 0.717) is 17.0 Å². The van der Waals surface area contributed by atoms with Crippen molar-refractivity contribution in [3.63, 3.8) is 0 Å². The van der Waals surface area contributed by atoms with E-state index in [4.69, 9.17) is 5.73 Å². The van der Waals surface area contributed by atoms with E-state index in [9.17, 15) is 14.9 Å². The molecule has 0 unspecified atom stereocenters. The summed E-state index contributed by atoms with van der Waals surface area (Å²) in [6.45, 7) is 1.88. The molecule has 14 heteroatoms. The van der Waals surface area contributed by atoms with Crippen molar-refractivity contribution in [3.05, 3.63) is 81.7 Å². The van der Waals surface area contributed by atoms with Crippen molar-refractivity contribution in [3.8, 4) is 5.82 Å². The number of nitro benzene ring substituents is 1. The van der Waals surface area contributed by atoms with Crippen LogP contribution in [0.15, 0.2) is 64.3 Å². The van der Waals surface area contributed by atoms with Crippen LogP contribution in [0.25, 0.3) is 5.82 Å². The third kappa shape index (κ3) is 4.95. The molecule has 0 fully saturated rings. The van der Waals surface area contributed by atoms with Gasteiger partial charge in [-0.2, -0.15) is 9.78 Å². The molecule has 0 aliphatic carbocycles. The summed E-state index contributed by atoms with van der Waals surface area (Å²) in [7, 11) is 1.84. The maximum absolute atomic E-state index is 13.0. The molecule has 1 amide bonds. The minimum absolute atomic E-state index is 0.00423. The lowest BCUT2D eigenvalue weighted by molar-refractivity contribution is -0.384. The Morgan fingerprint density at radius 2 is 1.91 bits per heavy atom. The predicted molar refractivity (Wildman–Crippen MR) is 125 cm³/mol. The van der Waals surface area contributed by atoms with Crippen molar-refractivity contribution >= 4 is 28.8 Å². The molecule has 35 heavy (non-hydrogen) atoms. The number of carbonyl (C=O) groups excluding carboxylic acids is 1. The molecule has 0 spiro atoms. The van der Waals surface area contributed by atoms with Gasteiger partial charge in [-0.1, -0.05) is 23.4 Å². The second-order valence-corrected chi connectivity index (χ2v) is 7.40. The van der Waals surface area contributed by atoms with Crippen LogP contribution in [0, 0.1) is 10.1 Å². The highest BCUT2D eigenvalue weighted by molar-refractivity contribution is 6.00. The van der Waals surface area contributed by atoms with Gasteiger partial charge in [-0.05, 0) is 47.1 Å². The first-order chi connectivity index (χ1) is 16.8. The molecule has 3 N–H and O–H groups in total. The van der Waals surface area contributed by atoms with Crippen molar-refractivity contribution in [2.75, 3.05) is 17.7 Å². The monoisotopic (exact) mass is 476 g/mol. The SMILES string of the molecule is C/C(=N\NC(=O)c1nnn(-c2nonc2N)c1CN(C)c1ccccc1)c1ccc([N+](=O)[O-])cc1. The number of carbonyl (C=O) groups is 1. The van der Waals surface area contributed by atoms with Gasteiger partial charge in [0.25, 0.3) is 11.6 Å². The molecular formula is C21H20N10O4. The molecular weight excluding hydrogens is 456 g/mol. The molecule has 0 saturated heterocycles. The van der Waals surface area contributed by atoms with Gasteiger partial charge in [0.2, 0.25) is 11.6 Å². The number of non-ortho nitro benzene ring substituents is 1. The van der Waals surface area contributed by atoms with E-state index in [2.05, 4.69) is 35.8 Å². The van der Waals surface area contributed by atoms with Crippen LogP contribution in [0.3, 0.4) is 0 Å². The number of rotatable bonds is 8. The van der Waals surface area contributed by atoms with Crippen LogP contribution in [0.2, 0.25) is 0 Å². The van der Waals surface area contributed by atoms with Crippen molar-refractivity contribution < 1.29 is 14.3 Å². The van der Waals surface area contributed by atoms with Crippen LogP contribution in [-0.4, -0.2) is 48.9 Å². The van der Waals surface area contributed by atoms with Crippen LogP contribution in [0.4, 0.5) is 17.2 Å². The zero-order valence-electron chi connectivity index (χ0n) is 18.7. The topological polar surface area (TPSA) is 183 Å². The van der Waals surface area contributed by atoms with Crippen LogP contribution >= 0.6 is 0 Å². The first-order valence-corrected chi connectivity index (χ1v) is 10.2. The molecule has 178 valence electrons. The predicted octanol–water partition coefficient (Wildman–Crippen LogP) is 1.93. The van der Waals surface area contributed by atoms with Gasteiger partial charge in [-0.25, -0.2) is 10.1 Å². The number of anilines is 2. The number of nitro groups is 1. The fourth-order valence-corrected chi connectivity index (χ4v) is 3.20. The quantitative estimate of drug-likeness (QED) is 0.216. The van der Waals surface area contributed by atoms with Gasteiger partial charge in [-0.3, -0.25) is 14.9 Å². The molecule has 0 radical (unpaired) electrons. The minimum Gasteiger partial charge on any atom is -0.378 e. The molecule has 2 heterocycles. The Morgan fingerprint density at radius 3 is 2.54 bits per heavy atom. The van der Waals surface area contributed by atoms with Crippen LogP contribution < -0.4 is 16.1 Å². The van der Waals surface area contributed by atoms with Crippen LogP contribution in [0.1, 0.15) is 28.7 Å². The summed E-state index contributed by atoms with van der Waals surface area (Å²) in [5.41, 5.74) is 10.5. The third-order valence-electron chi connectivity index (χ3n) is 5.08. The summed E-state index contributed by atoms with van der Waals surface area (Å²) in [5.74, 6) is -0.542. The minimum atomic E-state index is -0.621. The number of hydrazone groups is 1. The number of para-hydroxylation sites is 1. The molecule has 0 bridgehead atoms. The average molecular weight is 476 g/mol. The van der Waals surface area contributed by atoms with Crippen LogP contribution in [-0.2, 0) is 6.54 Å². The molecule has 4 aromatic rings. The number of nitrogens with zero attached hydrogens (tertiary/aromatic N) is 8. The van der Waals surface area contributed by atoms with E-state index < -0.39 is 10.8 Å². The zero-order chi connectivity index (χ0) is 24.9. The van der Waals surface area contributed by atoms with E-state index in [0.717, 1.165) is 5.69 Å². The number of nitrogen functional groups attached to an aromatic ring is 1. The van der Waals surface area contributed by atoms with Crippen molar-refractivity contribution in [1.29, 1.82) is 0 Å². The molecule has 0 saturated carbocycles. The number of nitrogens with two attached hydrogens (primary N) is 1. The lowest BCUT2D eigenvalue weighted by Crippen LogP contribution is -2.25. The molecule has 14 nitrogen and oxygen atoms in total. The molecule has 0 atom stereocenters. The number of amides is 1. The van der Waals surface area contributed by atoms with Gasteiger partial charge in [0.15, 0.2) is 5.69 Å². The van der Waals surface area contributed by atoms with E-state index in [1.807, 2.05) is 42.3 Å². The Bertz CT molecular complexity index is 1380. The largest absolute Gasteiger partial charge is 0.378 e. The van der Waals surface area contributed by atoms with Gasteiger partial charge in [0.1, 0.15) is 0 Å². The van der Waals surface area contributed by atoms with Crippen LogP contribution in [0.5, 0.6) is 0 Å². The Hall–Kier alpha value is -5.14. The summed E-state index contributed by atoms with van der Waals surface area (Å²) in [5, 5.41) is 30.3. The van der Waals surface area contributed by atoms with E-state index >= 15 is 0 Å². The highest BCUT2D eigenvalue weighted by Crippen LogP contribution is 2.20. The fourth-order valence-electron chi connectivity index (χ4n) is 3.20. The molecule has 0 aliphatic rings. The highest BCUT2D eigenvalue weighted by atomic mass is 16.6. The first-order valence-electron chi connectivity index (χ1n) is 10.2. The summed E-state index contributed by atoms with van der Waals surface area (Å²) < 4.78 is 5.96. The zero-order valence-corrected chi connectivity index (χ0v) is 18.7. The van der Waals surface area contributed by atoms with Gasteiger partial charge in [-0.15, -0.1) is 5.10 Å². The first kappa shape index (κ1) is 23.0. The summed E-state index contributed by atoms with van der Waals surface area (Å²) in [4.78, 5) is 25.2. The number of hydrogen-bond donors (Lipinski definition) is 2. The van der Waals surface area contributed by atoms with Gasteiger partial charge in [0, 0.05) is 24.9 Å². The second kappa shape index (κ2) is 9.78. The average Bonchev–Trinajstić information content (AvgIpc) is 3.48.